The first-order chi connectivity index (χ1) is 20.7. The Balaban J connectivity index is 1.22. The minimum absolute atomic E-state index is 0.00154. The highest BCUT2D eigenvalue weighted by molar-refractivity contribution is 5.92. The summed E-state index contributed by atoms with van der Waals surface area (Å²) in [4.78, 5) is 18.0. The number of carbonyl (C=O) groups is 1. The van der Waals surface area contributed by atoms with Crippen LogP contribution in [0.25, 0.3) is 0 Å². The van der Waals surface area contributed by atoms with E-state index in [0.29, 0.717) is 58.3 Å². The van der Waals surface area contributed by atoms with Crippen LogP contribution >= 0.6 is 0 Å². The fraction of sp³-hybridized carbons (Fsp3) is 0.531. The van der Waals surface area contributed by atoms with E-state index in [1.54, 1.807) is 0 Å². The molecule has 3 unspecified atom stereocenters. The van der Waals surface area contributed by atoms with Crippen molar-refractivity contribution in [2.24, 2.45) is 5.92 Å². The van der Waals surface area contributed by atoms with Crippen LogP contribution in [0.3, 0.4) is 0 Å². The molecule has 0 saturated carbocycles. The maximum atomic E-state index is 13.7. The zero-order chi connectivity index (χ0) is 29.1. The number of ether oxygens (including phenoxy) is 6. The highest BCUT2D eigenvalue weighted by atomic mass is 16.7. The van der Waals surface area contributed by atoms with Crippen molar-refractivity contribution >= 4 is 5.91 Å². The Morgan fingerprint density at radius 1 is 0.952 bits per heavy atom. The van der Waals surface area contributed by atoms with Crippen molar-refractivity contribution in [3.05, 3.63) is 71.5 Å². The summed E-state index contributed by atoms with van der Waals surface area (Å²) in [5, 5.41) is 8.86. The summed E-state index contributed by atoms with van der Waals surface area (Å²) in [6.45, 7) is 7.93. The highest BCUT2D eigenvalue weighted by Crippen LogP contribution is 2.39. The number of fused-ring (bicyclic) bond motifs is 1. The summed E-state index contributed by atoms with van der Waals surface area (Å²) in [7, 11) is 0. The quantitative estimate of drug-likeness (QED) is 0.337. The van der Waals surface area contributed by atoms with Gasteiger partial charge in [-0.2, -0.15) is 0 Å². The Bertz CT molecular complexity index is 1170. The van der Waals surface area contributed by atoms with Gasteiger partial charge < -0.3 is 38.4 Å². The lowest BCUT2D eigenvalue weighted by Crippen LogP contribution is -2.50. The van der Waals surface area contributed by atoms with Gasteiger partial charge in [0, 0.05) is 57.8 Å². The molecule has 0 spiro atoms. The van der Waals surface area contributed by atoms with Crippen molar-refractivity contribution in [2.75, 3.05) is 72.6 Å². The lowest BCUT2D eigenvalue weighted by atomic mass is 9.81. The fourth-order valence-electron chi connectivity index (χ4n) is 5.65. The van der Waals surface area contributed by atoms with Crippen LogP contribution in [-0.4, -0.2) is 99.7 Å². The van der Waals surface area contributed by atoms with Crippen molar-refractivity contribution < 1.29 is 38.3 Å². The number of benzene rings is 2. The molecule has 1 N–H and O–H groups in total. The topological polar surface area (TPSA) is 99.2 Å². The Labute approximate surface area is 247 Å². The molecule has 0 aliphatic carbocycles. The average Bonchev–Trinajstić information content (AvgIpc) is 3.50. The standard InChI is InChI=1S/C32H42N2O8/c1-2-39-32-26(10-16-37-18-19-38-17-15-35)27(25-6-4-3-5-7-25)21-30(42-32)31(36)34-13-11-33(12-14-34)22-24-8-9-28-29(20-24)41-23-40-28/h3-9,20-21,26-27,32,35H,2,10-19,22-23H2,1H3. The van der Waals surface area contributed by atoms with Crippen LogP contribution in [0.15, 0.2) is 60.4 Å². The third-order valence-corrected chi connectivity index (χ3v) is 7.82. The van der Waals surface area contributed by atoms with Gasteiger partial charge in [0.25, 0.3) is 5.91 Å². The first-order valence-electron chi connectivity index (χ1n) is 14.9. The van der Waals surface area contributed by atoms with Gasteiger partial charge in [0.2, 0.25) is 13.1 Å². The molecule has 2 aromatic carbocycles. The number of piperazine rings is 1. The summed E-state index contributed by atoms with van der Waals surface area (Å²) in [6.07, 6.45) is 2.10. The maximum absolute atomic E-state index is 13.7. The minimum atomic E-state index is -0.564. The molecular formula is C32H42N2O8. The first kappa shape index (κ1) is 30.3. The molecule has 42 heavy (non-hydrogen) atoms. The molecule has 2 aromatic rings. The van der Waals surface area contributed by atoms with Crippen molar-refractivity contribution in [1.82, 2.24) is 9.80 Å². The van der Waals surface area contributed by atoms with Crippen LogP contribution in [0.4, 0.5) is 0 Å². The van der Waals surface area contributed by atoms with Gasteiger partial charge in [-0.25, -0.2) is 0 Å². The van der Waals surface area contributed by atoms with Gasteiger partial charge in [0.05, 0.1) is 26.4 Å². The molecule has 0 radical (unpaired) electrons. The van der Waals surface area contributed by atoms with Crippen LogP contribution < -0.4 is 9.47 Å². The predicted molar refractivity (Wildman–Crippen MR) is 155 cm³/mol. The molecule has 0 bridgehead atoms. The summed E-state index contributed by atoms with van der Waals surface area (Å²) in [5.41, 5.74) is 2.27. The lowest BCUT2D eigenvalue weighted by Gasteiger charge is -2.39. The van der Waals surface area contributed by atoms with E-state index in [0.717, 1.165) is 42.3 Å². The zero-order valence-electron chi connectivity index (χ0n) is 24.3. The molecule has 228 valence electrons. The Kier molecular flexibility index (Phi) is 11.1. The third kappa shape index (κ3) is 7.81. The number of rotatable bonds is 14. The number of hydrogen-bond donors (Lipinski definition) is 1. The van der Waals surface area contributed by atoms with E-state index in [9.17, 15) is 4.79 Å². The van der Waals surface area contributed by atoms with Gasteiger partial charge in [-0.3, -0.25) is 9.69 Å². The molecule has 10 heteroatoms. The minimum Gasteiger partial charge on any atom is -0.459 e. The average molecular weight is 583 g/mol. The summed E-state index contributed by atoms with van der Waals surface area (Å²) in [6, 6.07) is 16.2. The second-order valence-corrected chi connectivity index (χ2v) is 10.6. The molecule has 3 atom stereocenters. The molecule has 10 nitrogen and oxygen atoms in total. The smallest absolute Gasteiger partial charge is 0.288 e. The number of aliphatic hydroxyl groups is 1. The van der Waals surface area contributed by atoms with Gasteiger partial charge in [0.15, 0.2) is 17.3 Å². The molecule has 1 fully saturated rings. The second kappa shape index (κ2) is 15.4. The Hall–Kier alpha value is -3.15. The Morgan fingerprint density at radius 3 is 2.48 bits per heavy atom. The van der Waals surface area contributed by atoms with Crippen LogP contribution in [0.2, 0.25) is 0 Å². The lowest BCUT2D eigenvalue weighted by molar-refractivity contribution is -0.172. The summed E-state index contributed by atoms with van der Waals surface area (Å²) < 4.78 is 34.4. The zero-order valence-corrected chi connectivity index (χ0v) is 24.3. The van der Waals surface area contributed by atoms with E-state index >= 15 is 0 Å². The summed E-state index contributed by atoms with van der Waals surface area (Å²) in [5.74, 6) is 1.74. The number of hydrogen-bond acceptors (Lipinski definition) is 9. The maximum Gasteiger partial charge on any atom is 0.288 e. The largest absolute Gasteiger partial charge is 0.459 e. The molecule has 3 heterocycles. The molecule has 1 amide bonds. The molecule has 3 aliphatic heterocycles. The van der Waals surface area contributed by atoms with E-state index in [2.05, 4.69) is 23.1 Å². The SMILES string of the molecule is CCOC1OC(C(=O)N2CCN(Cc3ccc4c(c3)OCO4)CC2)=CC(c2ccccc2)C1CCOCCOCCO. The number of aliphatic hydroxyl groups excluding tert-OH is 1. The van der Waals surface area contributed by atoms with Gasteiger partial charge >= 0.3 is 0 Å². The summed E-state index contributed by atoms with van der Waals surface area (Å²) >= 11 is 0. The van der Waals surface area contributed by atoms with Crippen molar-refractivity contribution in [2.45, 2.75) is 32.1 Å². The number of amides is 1. The van der Waals surface area contributed by atoms with Crippen LogP contribution in [0.1, 0.15) is 30.4 Å². The van der Waals surface area contributed by atoms with Crippen molar-refractivity contribution in [1.29, 1.82) is 0 Å². The van der Waals surface area contributed by atoms with E-state index in [1.165, 1.54) is 0 Å². The van der Waals surface area contributed by atoms with Crippen LogP contribution in [-0.2, 0) is 30.3 Å². The normalized spacial score (nSPS) is 22.1. The van der Waals surface area contributed by atoms with E-state index in [-0.39, 0.29) is 31.1 Å². The fourth-order valence-corrected chi connectivity index (χ4v) is 5.65. The van der Waals surface area contributed by atoms with E-state index in [4.69, 9.17) is 33.5 Å². The van der Waals surface area contributed by atoms with Crippen molar-refractivity contribution in [3.63, 3.8) is 0 Å². The van der Waals surface area contributed by atoms with E-state index in [1.807, 2.05) is 48.2 Å². The predicted octanol–water partition coefficient (Wildman–Crippen LogP) is 3.15. The van der Waals surface area contributed by atoms with Crippen LogP contribution in [0, 0.1) is 5.92 Å². The number of nitrogens with zero attached hydrogens (tertiary/aromatic N) is 2. The van der Waals surface area contributed by atoms with Gasteiger partial charge in [0.1, 0.15) is 0 Å². The monoisotopic (exact) mass is 582 g/mol. The first-order valence-corrected chi connectivity index (χ1v) is 14.9. The third-order valence-electron chi connectivity index (χ3n) is 7.82. The van der Waals surface area contributed by atoms with Crippen LogP contribution in [0.5, 0.6) is 11.5 Å². The second-order valence-electron chi connectivity index (χ2n) is 10.6. The van der Waals surface area contributed by atoms with Gasteiger partial charge in [-0.15, -0.1) is 0 Å². The molecule has 5 rings (SSSR count). The molecule has 0 aromatic heterocycles. The highest BCUT2D eigenvalue weighted by Gasteiger charge is 2.39. The van der Waals surface area contributed by atoms with Gasteiger partial charge in [-0.1, -0.05) is 36.4 Å². The Morgan fingerprint density at radius 2 is 1.71 bits per heavy atom. The molecule has 3 aliphatic rings. The van der Waals surface area contributed by atoms with Crippen molar-refractivity contribution in [3.8, 4) is 11.5 Å². The molecule has 1 saturated heterocycles. The van der Waals surface area contributed by atoms with E-state index < -0.39 is 6.29 Å². The molecular weight excluding hydrogens is 540 g/mol. The number of carbonyl (C=O) groups excluding carboxylic acids is 1. The number of allylic oxidation sites excluding steroid dienone is 1. The van der Waals surface area contributed by atoms with Gasteiger partial charge in [-0.05, 0) is 42.7 Å².